The number of fused-ring (bicyclic) bond motifs is 2. The highest BCUT2D eigenvalue weighted by Crippen LogP contribution is 2.36. The molecule has 2 aliphatic rings. The number of benzene rings is 2. The van der Waals surface area contributed by atoms with E-state index in [2.05, 4.69) is 29.2 Å². The van der Waals surface area contributed by atoms with E-state index in [-0.39, 0.29) is 5.91 Å². The maximum Gasteiger partial charge on any atom is 0.223 e. The van der Waals surface area contributed by atoms with E-state index < -0.39 is 0 Å². The van der Waals surface area contributed by atoms with Crippen molar-refractivity contribution in [2.45, 2.75) is 38.3 Å². The predicted octanol–water partition coefficient (Wildman–Crippen LogP) is 4.11. The number of carbonyl (C=O) groups is 1. The summed E-state index contributed by atoms with van der Waals surface area (Å²) in [4.78, 5) is 24.1. The van der Waals surface area contributed by atoms with Crippen LogP contribution in [0.25, 0.3) is 11.4 Å². The van der Waals surface area contributed by atoms with Crippen LogP contribution in [0.1, 0.15) is 41.1 Å². The van der Waals surface area contributed by atoms with Gasteiger partial charge in [-0.2, -0.15) is 0 Å². The Kier molecular flexibility index (Phi) is 3.97. The third-order valence-corrected chi connectivity index (χ3v) is 5.72. The van der Waals surface area contributed by atoms with Gasteiger partial charge in [0.15, 0.2) is 5.82 Å². The summed E-state index contributed by atoms with van der Waals surface area (Å²) < 4.78 is 0. The highest BCUT2D eigenvalue weighted by Gasteiger charge is 2.30. The molecule has 0 saturated carbocycles. The lowest BCUT2D eigenvalue weighted by Crippen LogP contribution is -2.26. The van der Waals surface area contributed by atoms with Crippen molar-refractivity contribution in [3.8, 4) is 11.4 Å². The predicted molar refractivity (Wildman–Crippen MR) is 104 cm³/mol. The highest BCUT2D eigenvalue weighted by molar-refractivity contribution is 5.78. The fourth-order valence-electron chi connectivity index (χ4n) is 4.25. The Morgan fingerprint density at radius 1 is 1.00 bits per heavy atom. The molecule has 0 saturated heterocycles. The first-order valence-corrected chi connectivity index (χ1v) is 9.54. The van der Waals surface area contributed by atoms with Crippen molar-refractivity contribution in [1.29, 1.82) is 0 Å². The zero-order chi connectivity index (χ0) is 18.2. The fourth-order valence-corrected chi connectivity index (χ4v) is 4.25. The topological polar surface area (TPSA) is 46.1 Å². The zero-order valence-corrected chi connectivity index (χ0v) is 15.1. The molecule has 2 heterocycles. The van der Waals surface area contributed by atoms with E-state index in [1.807, 2.05) is 41.4 Å². The average molecular weight is 355 g/mol. The van der Waals surface area contributed by atoms with E-state index in [9.17, 15) is 4.79 Å². The number of aromatic nitrogens is 2. The Morgan fingerprint density at radius 2 is 1.81 bits per heavy atom. The van der Waals surface area contributed by atoms with E-state index >= 15 is 0 Å². The summed E-state index contributed by atoms with van der Waals surface area (Å²) in [5, 5.41) is 0. The summed E-state index contributed by atoms with van der Waals surface area (Å²) in [6, 6.07) is 18.5. The van der Waals surface area contributed by atoms with Crippen molar-refractivity contribution in [3.05, 3.63) is 83.2 Å². The number of hydrogen-bond acceptors (Lipinski definition) is 3. The van der Waals surface area contributed by atoms with Gasteiger partial charge in [0.2, 0.25) is 5.91 Å². The maximum absolute atomic E-state index is 12.9. The molecule has 1 aliphatic carbocycles. The lowest BCUT2D eigenvalue weighted by Gasteiger charge is -2.18. The second-order valence-electron chi connectivity index (χ2n) is 7.42. The average Bonchev–Trinajstić information content (AvgIpc) is 3.32. The van der Waals surface area contributed by atoms with E-state index in [1.54, 1.807) is 0 Å². The molecule has 0 spiro atoms. The van der Waals surface area contributed by atoms with Gasteiger partial charge in [0.25, 0.3) is 0 Å². The molecule has 0 radical (unpaired) electrons. The minimum atomic E-state index is 0.218. The van der Waals surface area contributed by atoms with Crippen LogP contribution in [0.5, 0.6) is 0 Å². The third-order valence-electron chi connectivity index (χ3n) is 5.72. The Morgan fingerprint density at radius 3 is 2.70 bits per heavy atom. The van der Waals surface area contributed by atoms with Gasteiger partial charge >= 0.3 is 0 Å². The first-order chi connectivity index (χ1) is 13.3. The first-order valence-electron chi connectivity index (χ1n) is 9.54. The molecule has 134 valence electrons. The molecule has 1 amide bonds. The van der Waals surface area contributed by atoms with Crippen molar-refractivity contribution < 1.29 is 4.79 Å². The van der Waals surface area contributed by atoms with Crippen LogP contribution in [0.3, 0.4) is 0 Å². The van der Waals surface area contributed by atoms with Crippen LogP contribution in [0, 0.1) is 0 Å². The van der Waals surface area contributed by atoms with E-state index in [0.29, 0.717) is 25.4 Å². The quantitative estimate of drug-likeness (QED) is 0.710. The molecule has 0 N–H and O–H groups in total. The molecule has 1 aromatic heterocycles. The molecule has 4 heteroatoms. The number of rotatable bonds is 3. The number of aryl methyl sites for hydroxylation is 1. The molecule has 5 rings (SSSR count). The summed E-state index contributed by atoms with van der Waals surface area (Å²) in [5.74, 6) is 1.30. The minimum Gasteiger partial charge on any atom is -0.332 e. The van der Waals surface area contributed by atoms with Crippen LogP contribution in [0.2, 0.25) is 0 Å². The number of carbonyl (C=O) groups excluding carboxylic acids is 1. The summed E-state index contributed by atoms with van der Waals surface area (Å²) in [6.07, 6.45) is 4.62. The second kappa shape index (κ2) is 6.62. The van der Waals surface area contributed by atoms with Crippen LogP contribution in [-0.4, -0.2) is 20.8 Å². The molecule has 2 aromatic carbocycles. The van der Waals surface area contributed by atoms with Crippen LogP contribution in [0.15, 0.2) is 60.8 Å². The Bertz CT molecular complexity index is 1000. The van der Waals surface area contributed by atoms with Gasteiger partial charge in [0, 0.05) is 30.3 Å². The van der Waals surface area contributed by atoms with Crippen molar-refractivity contribution in [3.63, 3.8) is 0 Å². The smallest absolute Gasteiger partial charge is 0.223 e. The monoisotopic (exact) mass is 355 g/mol. The fraction of sp³-hybridized carbons (Fsp3) is 0.261. The summed E-state index contributed by atoms with van der Waals surface area (Å²) in [6.45, 7) is 1.21. The van der Waals surface area contributed by atoms with Crippen molar-refractivity contribution in [1.82, 2.24) is 14.9 Å². The van der Waals surface area contributed by atoms with Crippen LogP contribution in [0.4, 0.5) is 0 Å². The van der Waals surface area contributed by atoms with Crippen molar-refractivity contribution >= 4 is 5.91 Å². The van der Waals surface area contributed by atoms with Gasteiger partial charge in [-0.3, -0.25) is 4.79 Å². The van der Waals surface area contributed by atoms with Crippen molar-refractivity contribution in [2.24, 2.45) is 0 Å². The van der Waals surface area contributed by atoms with Gasteiger partial charge in [0.05, 0.1) is 12.2 Å². The van der Waals surface area contributed by atoms with E-state index in [1.165, 1.54) is 11.1 Å². The number of nitrogens with zero attached hydrogens (tertiary/aromatic N) is 3. The van der Waals surface area contributed by atoms with Crippen LogP contribution >= 0.6 is 0 Å². The van der Waals surface area contributed by atoms with Gasteiger partial charge < -0.3 is 4.90 Å². The molecule has 1 atom stereocenters. The molecule has 4 nitrogen and oxygen atoms in total. The van der Waals surface area contributed by atoms with Gasteiger partial charge in [-0.25, -0.2) is 9.97 Å². The molecular weight excluding hydrogens is 334 g/mol. The molecular formula is C23H21N3O. The lowest BCUT2D eigenvalue weighted by atomic mass is 9.97. The number of hydrogen-bond donors (Lipinski definition) is 0. The number of amides is 1. The largest absolute Gasteiger partial charge is 0.332 e. The maximum atomic E-state index is 12.9. The van der Waals surface area contributed by atoms with E-state index in [4.69, 9.17) is 4.98 Å². The molecule has 1 aliphatic heterocycles. The van der Waals surface area contributed by atoms with Crippen molar-refractivity contribution in [2.75, 3.05) is 0 Å². The van der Waals surface area contributed by atoms with Gasteiger partial charge in [-0.05, 0) is 29.9 Å². The summed E-state index contributed by atoms with van der Waals surface area (Å²) in [5.41, 5.74) is 5.80. The summed E-state index contributed by atoms with van der Waals surface area (Å²) >= 11 is 0. The minimum absolute atomic E-state index is 0.218. The SMILES string of the molecule is O=C(CC1CCc2ccccc21)N1Cc2cnc(-c3ccccc3)nc2C1. The summed E-state index contributed by atoms with van der Waals surface area (Å²) in [7, 11) is 0. The third kappa shape index (κ3) is 3.01. The highest BCUT2D eigenvalue weighted by atomic mass is 16.2. The van der Waals surface area contributed by atoms with Gasteiger partial charge in [0.1, 0.15) is 0 Å². The Labute approximate surface area is 158 Å². The molecule has 27 heavy (non-hydrogen) atoms. The second-order valence-corrected chi connectivity index (χ2v) is 7.42. The normalized spacial score (nSPS) is 17.6. The van der Waals surface area contributed by atoms with Gasteiger partial charge in [-0.1, -0.05) is 54.6 Å². The Balaban J connectivity index is 1.30. The molecule has 1 unspecified atom stereocenters. The van der Waals surface area contributed by atoms with Crippen LogP contribution < -0.4 is 0 Å². The molecule has 0 bridgehead atoms. The zero-order valence-electron chi connectivity index (χ0n) is 15.1. The van der Waals surface area contributed by atoms with E-state index in [0.717, 1.165) is 35.5 Å². The molecule has 3 aromatic rings. The first kappa shape index (κ1) is 16.2. The van der Waals surface area contributed by atoms with Crippen LogP contribution in [-0.2, 0) is 24.3 Å². The van der Waals surface area contributed by atoms with Gasteiger partial charge in [-0.15, -0.1) is 0 Å². The Hall–Kier alpha value is -3.01. The standard InChI is InChI=1S/C23H21N3O/c27-22(12-18-11-10-16-6-4-5-9-20(16)18)26-14-19-13-24-23(25-21(19)15-26)17-7-2-1-3-8-17/h1-9,13,18H,10-12,14-15H2. The lowest BCUT2D eigenvalue weighted by molar-refractivity contribution is -0.132. The molecule has 0 fully saturated rings.